The molecule has 0 aromatic rings. The molecule has 4 atom stereocenters. The Morgan fingerprint density at radius 1 is 0.913 bits per heavy atom. The molecular formula is C17H24Br2O4. The number of halogens is 2. The van der Waals surface area contributed by atoms with Crippen LogP contribution in [0.5, 0.6) is 0 Å². The molecule has 0 N–H and O–H groups in total. The van der Waals surface area contributed by atoms with Crippen molar-refractivity contribution in [3.05, 3.63) is 12.2 Å². The van der Waals surface area contributed by atoms with Gasteiger partial charge in [0, 0.05) is 11.8 Å². The number of fused-ring (bicyclic) bond motifs is 2. The summed E-state index contributed by atoms with van der Waals surface area (Å²) in [6.45, 7) is 7.83. The van der Waals surface area contributed by atoms with E-state index in [1.165, 1.54) is 0 Å². The van der Waals surface area contributed by atoms with Crippen molar-refractivity contribution < 1.29 is 19.1 Å². The van der Waals surface area contributed by atoms with Crippen LogP contribution in [0.15, 0.2) is 12.2 Å². The Bertz CT molecular complexity index is 458. The van der Waals surface area contributed by atoms with Crippen molar-refractivity contribution in [3.8, 4) is 0 Å². The molecular weight excluding hydrogens is 428 g/mol. The predicted octanol–water partition coefficient (Wildman–Crippen LogP) is 3.86. The summed E-state index contributed by atoms with van der Waals surface area (Å²) in [7, 11) is 0. The smallest absolute Gasteiger partial charge is 0.322 e. The van der Waals surface area contributed by atoms with Crippen LogP contribution >= 0.6 is 31.9 Å². The van der Waals surface area contributed by atoms with Gasteiger partial charge >= 0.3 is 11.9 Å². The Kier molecular flexibility index (Phi) is 5.66. The molecule has 0 radical (unpaired) electrons. The Morgan fingerprint density at radius 3 is 1.57 bits per heavy atom. The number of ether oxygens (including phenoxy) is 2. The first-order chi connectivity index (χ1) is 10.5. The minimum Gasteiger partial charge on any atom is -0.464 e. The van der Waals surface area contributed by atoms with E-state index < -0.39 is 8.65 Å². The van der Waals surface area contributed by atoms with Gasteiger partial charge in [-0.25, -0.2) is 0 Å². The zero-order chi connectivity index (χ0) is 17.4. The van der Waals surface area contributed by atoms with Crippen molar-refractivity contribution in [3.63, 3.8) is 0 Å². The van der Waals surface area contributed by atoms with E-state index in [4.69, 9.17) is 9.47 Å². The van der Waals surface area contributed by atoms with Crippen LogP contribution in [0.3, 0.4) is 0 Å². The molecule has 4 nitrogen and oxygen atoms in total. The highest BCUT2D eigenvalue weighted by Crippen LogP contribution is 2.48. The molecule has 130 valence electrons. The van der Waals surface area contributed by atoms with Gasteiger partial charge in [0.2, 0.25) is 0 Å². The lowest BCUT2D eigenvalue weighted by atomic mass is 9.84. The van der Waals surface area contributed by atoms with Gasteiger partial charge in [-0.05, 0) is 46.0 Å². The Labute approximate surface area is 154 Å². The number of rotatable bonds is 6. The van der Waals surface area contributed by atoms with Gasteiger partial charge < -0.3 is 9.47 Å². The lowest BCUT2D eigenvalue weighted by Gasteiger charge is -2.29. The number of carbonyl (C=O) groups excluding carboxylic acids is 2. The summed E-state index contributed by atoms with van der Waals surface area (Å²) in [6, 6.07) is 0. The van der Waals surface area contributed by atoms with Gasteiger partial charge in [-0.15, -0.1) is 0 Å². The lowest BCUT2D eigenvalue weighted by molar-refractivity contribution is -0.151. The molecule has 2 aliphatic rings. The molecule has 0 saturated heterocycles. The van der Waals surface area contributed by atoms with E-state index in [2.05, 4.69) is 44.0 Å². The van der Waals surface area contributed by atoms with Crippen molar-refractivity contribution in [2.75, 3.05) is 13.2 Å². The summed E-state index contributed by atoms with van der Waals surface area (Å²) in [4.78, 5) is 23.9. The standard InChI is InChI=1S/C17H24Br2O4/c1-16(2,18)14(20)22-8-12-10-5-6-11(7-10)13(12)9-23-15(21)17(3,4)19/h5-6,10-13H,7-9H2,1-4H3/t10-,11+,12-,13+. The maximum Gasteiger partial charge on any atom is 0.322 e. The van der Waals surface area contributed by atoms with Gasteiger partial charge in [0.05, 0.1) is 13.2 Å². The Morgan fingerprint density at radius 2 is 1.26 bits per heavy atom. The second-order valence-corrected chi connectivity index (χ2v) is 11.4. The first-order valence-electron chi connectivity index (χ1n) is 7.90. The fourth-order valence-corrected chi connectivity index (χ4v) is 3.44. The average Bonchev–Trinajstić information content (AvgIpc) is 3.00. The van der Waals surface area contributed by atoms with Crippen LogP contribution in [0.1, 0.15) is 34.1 Å². The SMILES string of the molecule is CC(C)(Br)C(=O)OC[C@@H]1[C@H](COC(=O)C(C)(C)Br)[C@@H]2C=C[C@H]1C2. The van der Waals surface area contributed by atoms with Gasteiger partial charge in [0.25, 0.3) is 0 Å². The third-order valence-corrected chi connectivity index (χ3v) is 5.23. The van der Waals surface area contributed by atoms with Crippen LogP contribution in [0, 0.1) is 23.7 Å². The second kappa shape index (κ2) is 6.87. The topological polar surface area (TPSA) is 52.6 Å². The van der Waals surface area contributed by atoms with E-state index >= 15 is 0 Å². The molecule has 0 aromatic heterocycles. The van der Waals surface area contributed by atoms with E-state index in [0.717, 1.165) is 6.42 Å². The van der Waals surface area contributed by atoms with Crippen LogP contribution in [0.25, 0.3) is 0 Å². The first-order valence-corrected chi connectivity index (χ1v) is 9.49. The van der Waals surface area contributed by atoms with Gasteiger partial charge in [0.15, 0.2) is 0 Å². The van der Waals surface area contributed by atoms with Crippen molar-refractivity contribution in [1.29, 1.82) is 0 Å². The summed E-state index contributed by atoms with van der Waals surface area (Å²) >= 11 is 6.64. The van der Waals surface area contributed by atoms with E-state index in [9.17, 15) is 9.59 Å². The highest BCUT2D eigenvalue weighted by molar-refractivity contribution is 9.10. The van der Waals surface area contributed by atoms with E-state index in [-0.39, 0.29) is 23.8 Å². The van der Waals surface area contributed by atoms with Crippen molar-refractivity contribution >= 4 is 43.8 Å². The van der Waals surface area contributed by atoms with Gasteiger partial charge in [-0.1, -0.05) is 44.0 Å². The fourth-order valence-electron chi connectivity index (χ4n) is 3.21. The number of alkyl halides is 2. The predicted molar refractivity (Wildman–Crippen MR) is 95.6 cm³/mol. The van der Waals surface area contributed by atoms with E-state index in [1.807, 2.05) is 0 Å². The zero-order valence-corrected chi connectivity index (χ0v) is 17.1. The van der Waals surface area contributed by atoms with Crippen LogP contribution < -0.4 is 0 Å². The highest BCUT2D eigenvalue weighted by atomic mass is 79.9. The zero-order valence-electron chi connectivity index (χ0n) is 14.0. The molecule has 6 heteroatoms. The number of esters is 2. The summed E-state index contributed by atoms with van der Waals surface area (Å²) in [5, 5.41) is 0. The molecule has 1 fully saturated rings. The molecule has 23 heavy (non-hydrogen) atoms. The van der Waals surface area contributed by atoms with Crippen LogP contribution in [0.2, 0.25) is 0 Å². The normalized spacial score (nSPS) is 29.7. The largest absolute Gasteiger partial charge is 0.464 e. The molecule has 2 aliphatic carbocycles. The number of hydrogen-bond donors (Lipinski definition) is 0. The molecule has 0 heterocycles. The van der Waals surface area contributed by atoms with E-state index in [0.29, 0.717) is 25.0 Å². The van der Waals surface area contributed by atoms with E-state index in [1.54, 1.807) is 27.7 Å². The molecule has 0 amide bonds. The van der Waals surface area contributed by atoms with Crippen LogP contribution in [0.4, 0.5) is 0 Å². The fraction of sp³-hybridized carbons (Fsp3) is 0.765. The number of hydrogen-bond acceptors (Lipinski definition) is 4. The summed E-state index contributed by atoms with van der Waals surface area (Å²) in [5.41, 5.74) is 0. The van der Waals surface area contributed by atoms with Crippen molar-refractivity contribution in [1.82, 2.24) is 0 Å². The first kappa shape index (κ1) is 19.0. The van der Waals surface area contributed by atoms with Gasteiger partial charge in [0.1, 0.15) is 8.65 Å². The maximum atomic E-state index is 12.0. The lowest BCUT2D eigenvalue weighted by Crippen LogP contribution is -2.35. The highest BCUT2D eigenvalue weighted by Gasteiger charge is 2.46. The molecule has 2 bridgehead atoms. The molecule has 0 spiro atoms. The number of allylic oxidation sites excluding steroid dienone is 2. The monoisotopic (exact) mass is 450 g/mol. The maximum absolute atomic E-state index is 12.0. The van der Waals surface area contributed by atoms with Gasteiger partial charge in [-0.2, -0.15) is 0 Å². The van der Waals surface area contributed by atoms with Gasteiger partial charge in [-0.3, -0.25) is 9.59 Å². The summed E-state index contributed by atoms with van der Waals surface area (Å²) < 4.78 is 9.60. The minimum atomic E-state index is -0.678. The van der Waals surface area contributed by atoms with Crippen molar-refractivity contribution in [2.24, 2.45) is 23.7 Å². The molecule has 2 rings (SSSR count). The summed E-state index contributed by atoms with van der Waals surface area (Å²) in [5.74, 6) is 0.729. The molecule has 0 unspecified atom stereocenters. The molecule has 0 aliphatic heterocycles. The molecule has 0 aromatic carbocycles. The van der Waals surface area contributed by atoms with Crippen LogP contribution in [-0.4, -0.2) is 33.8 Å². The minimum absolute atomic E-state index is 0.218. The van der Waals surface area contributed by atoms with Crippen LogP contribution in [-0.2, 0) is 19.1 Å². The van der Waals surface area contributed by atoms with Crippen molar-refractivity contribution in [2.45, 2.75) is 42.8 Å². The Hall–Kier alpha value is -0.360. The number of carbonyl (C=O) groups is 2. The third kappa shape index (κ3) is 4.59. The summed E-state index contributed by atoms with van der Waals surface area (Å²) in [6.07, 6.45) is 5.46. The quantitative estimate of drug-likeness (QED) is 0.349. The Balaban J connectivity index is 1.94. The second-order valence-electron chi connectivity index (χ2n) is 7.42. The third-order valence-electron chi connectivity index (χ3n) is 4.58. The average molecular weight is 452 g/mol. The molecule has 1 saturated carbocycles.